The molecule has 1 rings (SSSR count). The van der Waals surface area contributed by atoms with E-state index in [4.69, 9.17) is 0 Å². The molecule has 0 aromatic heterocycles. The predicted molar refractivity (Wildman–Crippen MR) is 54.8 cm³/mol. The molecule has 13 heavy (non-hydrogen) atoms. The molecule has 0 aromatic carbocycles. The molecule has 1 fully saturated rings. The van der Waals surface area contributed by atoms with E-state index in [-0.39, 0.29) is 16.8 Å². The van der Waals surface area contributed by atoms with Crippen molar-refractivity contribution in [2.75, 3.05) is 13.1 Å². The zero-order chi connectivity index (χ0) is 9.84. The summed E-state index contributed by atoms with van der Waals surface area (Å²) in [5, 5.41) is 9.37. The third kappa shape index (κ3) is 2.95. The number of carbonyl (C=O) groups excluding carboxylic acids is 1. The lowest BCUT2D eigenvalue weighted by molar-refractivity contribution is -0.133. The van der Waals surface area contributed by atoms with E-state index < -0.39 is 0 Å². The quantitative estimate of drug-likeness (QED) is 0.747. The Bertz CT molecular complexity index is 186. The van der Waals surface area contributed by atoms with Crippen LogP contribution in [0.15, 0.2) is 0 Å². The Kier molecular flexibility index (Phi) is 4.19. The van der Waals surface area contributed by atoms with E-state index in [0.29, 0.717) is 6.54 Å². The van der Waals surface area contributed by atoms with Gasteiger partial charge in [0.05, 0.1) is 10.9 Å². The van der Waals surface area contributed by atoms with Crippen LogP contribution in [0.3, 0.4) is 0 Å². The van der Waals surface area contributed by atoms with Crippen molar-refractivity contribution >= 4 is 21.8 Å². The molecule has 0 aliphatic carbocycles. The van der Waals surface area contributed by atoms with E-state index in [9.17, 15) is 9.90 Å². The van der Waals surface area contributed by atoms with E-state index >= 15 is 0 Å². The fourth-order valence-electron chi connectivity index (χ4n) is 1.53. The summed E-state index contributed by atoms with van der Waals surface area (Å²) in [5.74, 6) is 0.112. The molecule has 1 heterocycles. The maximum absolute atomic E-state index is 11.6. The average molecular weight is 250 g/mol. The zero-order valence-corrected chi connectivity index (χ0v) is 9.46. The SMILES string of the molecule is CCC(Br)C(=O)N1CCC[C@H](O)C1. The first-order valence-corrected chi connectivity index (χ1v) is 5.67. The molecule has 2 atom stereocenters. The molecule has 76 valence electrons. The van der Waals surface area contributed by atoms with Crippen LogP contribution in [0, 0.1) is 0 Å². The number of halogens is 1. The Balaban J connectivity index is 2.46. The van der Waals surface area contributed by atoms with E-state index in [1.54, 1.807) is 4.90 Å². The molecule has 4 heteroatoms. The third-order valence-electron chi connectivity index (χ3n) is 2.33. The Hall–Kier alpha value is -0.0900. The average Bonchev–Trinajstić information content (AvgIpc) is 2.15. The van der Waals surface area contributed by atoms with Gasteiger partial charge < -0.3 is 10.0 Å². The molecule has 0 bridgehead atoms. The summed E-state index contributed by atoms with van der Waals surface area (Å²) in [4.78, 5) is 13.3. The lowest BCUT2D eigenvalue weighted by Gasteiger charge is -2.31. The number of piperidine rings is 1. The minimum Gasteiger partial charge on any atom is -0.391 e. The second-order valence-corrected chi connectivity index (χ2v) is 4.56. The number of rotatable bonds is 2. The summed E-state index contributed by atoms with van der Waals surface area (Å²) in [5.41, 5.74) is 0. The van der Waals surface area contributed by atoms with Crippen LogP contribution in [-0.2, 0) is 4.79 Å². The number of hydrogen-bond acceptors (Lipinski definition) is 2. The second-order valence-electron chi connectivity index (χ2n) is 3.46. The van der Waals surface area contributed by atoms with Gasteiger partial charge in [-0.1, -0.05) is 22.9 Å². The first-order chi connectivity index (χ1) is 6.15. The van der Waals surface area contributed by atoms with Crippen molar-refractivity contribution in [2.45, 2.75) is 37.1 Å². The summed E-state index contributed by atoms with van der Waals surface area (Å²) in [7, 11) is 0. The predicted octanol–water partition coefficient (Wildman–Crippen LogP) is 1.14. The van der Waals surface area contributed by atoms with E-state index in [1.165, 1.54) is 0 Å². The minimum absolute atomic E-state index is 0.0854. The van der Waals surface area contributed by atoms with Crippen LogP contribution < -0.4 is 0 Å². The van der Waals surface area contributed by atoms with Gasteiger partial charge in [-0.05, 0) is 19.3 Å². The molecule has 1 amide bonds. The normalized spacial score (nSPS) is 25.8. The standard InChI is InChI=1S/C9H16BrNO2/c1-2-8(10)9(13)11-5-3-4-7(12)6-11/h7-8,12H,2-6H2,1H3/t7-,8?/m0/s1. The summed E-state index contributed by atoms with van der Waals surface area (Å²) >= 11 is 3.32. The van der Waals surface area contributed by atoms with E-state index in [2.05, 4.69) is 15.9 Å². The molecule has 0 saturated carbocycles. The second kappa shape index (κ2) is 4.96. The van der Waals surface area contributed by atoms with Crippen LogP contribution in [0.25, 0.3) is 0 Å². The third-order valence-corrected chi connectivity index (χ3v) is 3.37. The van der Waals surface area contributed by atoms with Crippen molar-refractivity contribution in [3.63, 3.8) is 0 Å². The number of nitrogens with zero attached hydrogens (tertiary/aromatic N) is 1. The molecular formula is C9H16BrNO2. The number of hydrogen-bond donors (Lipinski definition) is 1. The number of alkyl halides is 1. The van der Waals surface area contributed by atoms with Gasteiger partial charge in [-0.25, -0.2) is 0 Å². The maximum Gasteiger partial charge on any atom is 0.236 e. The van der Waals surface area contributed by atoms with Crippen LogP contribution in [0.4, 0.5) is 0 Å². The number of amides is 1. The molecule has 0 aromatic rings. The van der Waals surface area contributed by atoms with Gasteiger partial charge in [0.15, 0.2) is 0 Å². The van der Waals surface area contributed by atoms with E-state index in [0.717, 1.165) is 25.8 Å². The van der Waals surface area contributed by atoms with Crippen molar-refractivity contribution < 1.29 is 9.90 Å². The van der Waals surface area contributed by atoms with Gasteiger partial charge in [0.25, 0.3) is 0 Å². The highest BCUT2D eigenvalue weighted by atomic mass is 79.9. The fourth-order valence-corrected chi connectivity index (χ4v) is 1.82. The van der Waals surface area contributed by atoms with Crippen LogP contribution in [0.1, 0.15) is 26.2 Å². The Morgan fingerprint density at radius 1 is 1.77 bits per heavy atom. The summed E-state index contributed by atoms with van der Waals surface area (Å²) in [6, 6.07) is 0. The molecular weight excluding hydrogens is 234 g/mol. The topological polar surface area (TPSA) is 40.5 Å². The molecule has 1 saturated heterocycles. The summed E-state index contributed by atoms with van der Waals surface area (Å²) < 4.78 is 0. The summed E-state index contributed by atoms with van der Waals surface area (Å²) in [6.45, 7) is 3.26. The smallest absolute Gasteiger partial charge is 0.236 e. The van der Waals surface area contributed by atoms with Crippen molar-refractivity contribution in [1.82, 2.24) is 4.90 Å². The van der Waals surface area contributed by atoms with Gasteiger partial charge in [-0.2, -0.15) is 0 Å². The van der Waals surface area contributed by atoms with Gasteiger partial charge in [-0.15, -0.1) is 0 Å². The highest BCUT2D eigenvalue weighted by Crippen LogP contribution is 2.15. The number of β-amino-alcohol motifs (C(OH)–C–C–N with tert-alkyl or cyclic N) is 1. The molecule has 3 nitrogen and oxygen atoms in total. The van der Waals surface area contributed by atoms with Crippen molar-refractivity contribution in [3.05, 3.63) is 0 Å². The highest BCUT2D eigenvalue weighted by Gasteiger charge is 2.25. The molecule has 1 N–H and O–H groups in total. The Morgan fingerprint density at radius 3 is 3.00 bits per heavy atom. The molecule has 0 radical (unpaired) electrons. The molecule has 1 unspecified atom stereocenters. The number of aliphatic hydroxyl groups excluding tert-OH is 1. The van der Waals surface area contributed by atoms with Crippen LogP contribution in [0.5, 0.6) is 0 Å². The summed E-state index contributed by atoms with van der Waals surface area (Å²) in [6.07, 6.45) is 2.21. The monoisotopic (exact) mass is 249 g/mol. The van der Waals surface area contributed by atoms with Crippen LogP contribution in [-0.4, -0.2) is 39.9 Å². The Morgan fingerprint density at radius 2 is 2.46 bits per heavy atom. The lowest BCUT2D eigenvalue weighted by atomic mass is 10.1. The fraction of sp³-hybridized carbons (Fsp3) is 0.889. The van der Waals surface area contributed by atoms with Crippen molar-refractivity contribution in [3.8, 4) is 0 Å². The number of aliphatic hydroxyl groups is 1. The largest absolute Gasteiger partial charge is 0.391 e. The van der Waals surface area contributed by atoms with Gasteiger partial charge in [0.1, 0.15) is 0 Å². The van der Waals surface area contributed by atoms with Crippen LogP contribution >= 0.6 is 15.9 Å². The zero-order valence-electron chi connectivity index (χ0n) is 7.87. The van der Waals surface area contributed by atoms with Gasteiger partial charge in [-0.3, -0.25) is 4.79 Å². The first-order valence-electron chi connectivity index (χ1n) is 4.76. The van der Waals surface area contributed by atoms with Gasteiger partial charge in [0.2, 0.25) is 5.91 Å². The minimum atomic E-state index is -0.325. The molecule has 1 aliphatic heterocycles. The van der Waals surface area contributed by atoms with Crippen molar-refractivity contribution in [1.29, 1.82) is 0 Å². The number of likely N-dealkylation sites (tertiary alicyclic amines) is 1. The van der Waals surface area contributed by atoms with Crippen LogP contribution in [0.2, 0.25) is 0 Å². The highest BCUT2D eigenvalue weighted by molar-refractivity contribution is 9.10. The maximum atomic E-state index is 11.6. The lowest BCUT2D eigenvalue weighted by Crippen LogP contribution is -2.45. The Labute approximate surface area is 87.2 Å². The van der Waals surface area contributed by atoms with Gasteiger partial charge >= 0.3 is 0 Å². The van der Waals surface area contributed by atoms with Gasteiger partial charge in [0, 0.05) is 13.1 Å². The molecule has 1 aliphatic rings. The molecule has 0 spiro atoms. The van der Waals surface area contributed by atoms with Crippen molar-refractivity contribution in [2.24, 2.45) is 0 Å². The van der Waals surface area contributed by atoms with E-state index in [1.807, 2.05) is 6.92 Å². The first kappa shape index (κ1) is 11.0. The number of carbonyl (C=O) groups is 1.